The van der Waals surface area contributed by atoms with Gasteiger partial charge in [-0.1, -0.05) is 24.8 Å². The molecule has 0 saturated heterocycles. The number of hydrogen-bond acceptors (Lipinski definition) is 4. The van der Waals surface area contributed by atoms with Crippen molar-refractivity contribution in [3.63, 3.8) is 0 Å². The number of benzene rings is 2. The molecule has 1 aliphatic heterocycles. The van der Waals surface area contributed by atoms with Crippen LogP contribution in [0.5, 0.6) is 0 Å². The van der Waals surface area contributed by atoms with E-state index < -0.39 is 0 Å². The molecule has 2 aromatic carbocycles. The van der Waals surface area contributed by atoms with Crippen molar-refractivity contribution >= 4 is 17.0 Å². The van der Waals surface area contributed by atoms with Crippen LogP contribution in [0.2, 0.25) is 0 Å². The molecule has 0 saturated carbocycles. The Labute approximate surface area is 144 Å². The van der Waals surface area contributed by atoms with Gasteiger partial charge < -0.3 is 9.32 Å². The number of rotatable bonds is 3. The summed E-state index contributed by atoms with van der Waals surface area (Å²) in [5.74, 6) is 0.562. The number of amides is 1. The smallest absolute Gasteiger partial charge is 0.254 e. The maximum absolute atomic E-state index is 12.6. The van der Waals surface area contributed by atoms with E-state index in [0.29, 0.717) is 23.6 Å². The largest absolute Gasteiger partial charge is 0.441 e. The summed E-state index contributed by atoms with van der Waals surface area (Å²) >= 11 is 0. The van der Waals surface area contributed by atoms with Gasteiger partial charge in [0.05, 0.1) is 12.6 Å². The summed E-state index contributed by atoms with van der Waals surface area (Å²) in [6.07, 6.45) is 0. The number of nitriles is 1. The molecule has 0 radical (unpaired) electrons. The molecule has 1 aliphatic rings. The lowest BCUT2D eigenvalue weighted by atomic mass is 9.97. The Morgan fingerprint density at radius 1 is 1.36 bits per heavy atom. The van der Waals surface area contributed by atoms with Gasteiger partial charge in [-0.25, -0.2) is 4.98 Å². The highest BCUT2D eigenvalue weighted by Crippen LogP contribution is 2.34. The summed E-state index contributed by atoms with van der Waals surface area (Å²) < 4.78 is 5.62. The molecule has 0 bridgehead atoms. The number of oxazole rings is 1. The Morgan fingerprint density at radius 2 is 2.16 bits per heavy atom. The summed E-state index contributed by atoms with van der Waals surface area (Å²) in [6, 6.07) is 13.6. The maximum atomic E-state index is 12.6. The number of aromatic nitrogens is 1. The van der Waals surface area contributed by atoms with Gasteiger partial charge in [0.25, 0.3) is 5.91 Å². The molecule has 0 spiro atoms. The van der Waals surface area contributed by atoms with E-state index in [1.54, 1.807) is 4.90 Å². The van der Waals surface area contributed by atoms with Gasteiger partial charge in [0, 0.05) is 24.6 Å². The Kier molecular flexibility index (Phi) is 3.40. The molecular weight excluding hydrogens is 314 g/mol. The van der Waals surface area contributed by atoms with E-state index in [1.807, 2.05) is 49.4 Å². The first-order valence-corrected chi connectivity index (χ1v) is 7.93. The molecule has 0 fully saturated rings. The summed E-state index contributed by atoms with van der Waals surface area (Å²) in [5.41, 5.74) is 5.54. The summed E-state index contributed by atoms with van der Waals surface area (Å²) in [6.45, 7) is 6.22. The number of nitrogens with zero attached hydrogens (tertiary/aromatic N) is 3. The van der Waals surface area contributed by atoms with Crippen LogP contribution < -0.4 is 0 Å². The first-order valence-electron chi connectivity index (χ1n) is 7.93. The molecule has 0 N–H and O–H groups in total. The van der Waals surface area contributed by atoms with Crippen LogP contribution in [0.1, 0.15) is 21.8 Å². The average Bonchev–Trinajstić information content (AvgIpc) is 3.13. The van der Waals surface area contributed by atoms with Gasteiger partial charge >= 0.3 is 0 Å². The molecule has 5 nitrogen and oxygen atoms in total. The highest BCUT2D eigenvalue weighted by Gasteiger charge is 2.29. The molecule has 1 amide bonds. The highest BCUT2D eigenvalue weighted by molar-refractivity contribution is 6.01. The predicted octanol–water partition coefficient (Wildman–Crippen LogP) is 3.84. The fourth-order valence-electron chi connectivity index (χ4n) is 3.26. The van der Waals surface area contributed by atoms with Crippen molar-refractivity contribution < 1.29 is 9.21 Å². The molecular formula is C20H15N3O2. The monoisotopic (exact) mass is 329 g/mol. The van der Waals surface area contributed by atoms with Gasteiger partial charge in [0.2, 0.25) is 0 Å². The zero-order valence-electron chi connectivity index (χ0n) is 13.7. The Hall–Kier alpha value is -3.39. The fraction of sp³-hybridized carbons (Fsp3) is 0.150. The molecule has 0 atom stereocenters. The first-order chi connectivity index (χ1) is 12.1. The zero-order chi connectivity index (χ0) is 17.6. The second-order valence-corrected chi connectivity index (χ2v) is 6.12. The SMILES string of the molecule is C=C(C#N)CN1Cc2c(cccc2-c2ccc3nc(C)oc3c2)C1=O. The molecule has 122 valence electrons. The third-order valence-corrected chi connectivity index (χ3v) is 4.39. The minimum atomic E-state index is -0.0650. The Bertz CT molecular complexity index is 1070. The van der Waals surface area contributed by atoms with Gasteiger partial charge in [0.15, 0.2) is 11.5 Å². The van der Waals surface area contributed by atoms with Crippen molar-refractivity contribution in [3.8, 4) is 17.2 Å². The van der Waals surface area contributed by atoms with Gasteiger partial charge in [-0.3, -0.25) is 4.79 Å². The second-order valence-electron chi connectivity index (χ2n) is 6.12. The van der Waals surface area contributed by atoms with Gasteiger partial charge in [-0.05, 0) is 34.9 Å². The van der Waals surface area contributed by atoms with E-state index in [0.717, 1.165) is 27.8 Å². The van der Waals surface area contributed by atoms with E-state index in [4.69, 9.17) is 9.68 Å². The summed E-state index contributed by atoms with van der Waals surface area (Å²) in [4.78, 5) is 18.6. The molecule has 5 heteroatoms. The van der Waals surface area contributed by atoms with Gasteiger partial charge in [-0.2, -0.15) is 5.26 Å². The normalized spacial score (nSPS) is 13.1. The molecule has 25 heavy (non-hydrogen) atoms. The zero-order valence-corrected chi connectivity index (χ0v) is 13.7. The fourth-order valence-corrected chi connectivity index (χ4v) is 3.26. The van der Waals surface area contributed by atoms with Crippen molar-refractivity contribution in [2.75, 3.05) is 6.54 Å². The number of carbonyl (C=O) groups is 1. The minimum absolute atomic E-state index is 0.0650. The van der Waals surface area contributed by atoms with Crippen LogP contribution >= 0.6 is 0 Å². The predicted molar refractivity (Wildman–Crippen MR) is 93.7 cm³/mol. The van der Waals surface area contributed by atoms with Crippen molar-refractivity contribution in [3.05, 3.63) is 65.6 Å². The molecule has 1 aromatic heterocycles. The van der Waals surface area contributed by atoms with Crippen molar-refractivity contribution in [2.24, 2.45) is 0 Å². The number of fused-ring (bicyclic) bond motifs is 2. The third-order valence-electron chi connectivity index (χ3n) is 4.39. The lowest BCUT2D eigenvalue weighted by Gasteiger charge is -2.14. The molecule has 3 aromatic rings. The standard InChI is InChI=1S/C20H15N3O2/c1-12(9-21)10-23-11-17-15(4-3-5-16(17)20(23)24)14-6-7-18-19(8-14)25-13(2)22-18/h3-8H,1,10-11H2,2H3. The van der Waals surface area contributed by atoms with Crippen LogP contribution in [-0.4, -0.2) is 22.3 Å². The first kappa shape index (κ1) is 15.2. The average molecular weight is 329 g/mol. The lowest BCUT2D eigenvalue weighted by molar-refractivity contribution is 0.0794. The van der Waals surface area contributed by atoms with Crippen molar-refractivity contribution in [2.45, 2.75) is 13.5 Å². The maximum Gasteiger partial charge on any atom is 0.254 e. The van der Waals surface area contributed by atoms with Crippen LogP contribution in [0.4, 0.5) is 0 Å². The van der Waals surface area contributed by atoms with E-state index in [1.165, 1.54) is 0 Å². The summed E-state index contributed by atoms with van der Waals surface area (Å²) in [7, 11) is 0. The van der Waals surface area contributed by atoms with Gasteiger partial charge in [0.1, 0.15) is 5.52 Å². The molecule has 2 heterocycles. The van der Waals surface area contributed by atoms with Crippen LogP contribution in [0.25, 0.3) is 22.2 Å². The molecule has 0 aliphatic carbocycles. The van der Waals surface area contributed by atoms with Crippen molar-refractivity contribution in [1.82, 2.24) is 9.88 Å². The van der Waals surface area contributed by atoms with Gasteiger partial charge in [-0.15, -0.1) is 0 Å². The van der Waals surface area contributed by atoms with E-state index >= 15 is 0 Å². The second kappa shape index (κ2) is 5.60. The van der Waals surface area contributed by atoms with Crippen LogP contribution in [0.15, 0.2) is 53.0 Å². The Balaban J connectivity index is 1.77. The van der Waals surface area contributed by atoms with Crippen LogP contribution in [-0.2, 0) is 6.54 Å². The third kappa shape index (κ3) is 2.48. The number of hydrogen-bond donors (Lipinski definition) is 0. The van der Waals surface area contributed by atoms with E-state index in [2.05, 4.69) is 11.6 Å². The highest BCUT2D eigenvalue weighted by atomic mass is 16.3. The lowest BCUT2D eigenvalue weighted by Crippen LogP contribution is -2.25. The number of aryl methyl sites for hydroxylation is 1. The molecule has 4 rings (SSSR count). The van der Waals surface area contributed by atoms with Crippen LogP contribution in [0, 0.1) is 18.3 Å². The van der Waals surface area contributed by atoms with Crippen LogP contribution in [0.3, 0.4) is 0 Å². The molecule has 0 unspecified atom stereocenters. The van der Waals surface area contributed by atoms with E-state index in [9.17, 15) is 4.79 Å². The van der Waals surface area contributed by atoms with Crippen molar-refractivity contribution in [1.29, 1.82) is 5.26 Å². The Morgan fingerprint density at radius 3 is 2.96 bits per heavy atom. The topological polar surface area (TPSA) is 70.1 Å². The quantitative estimate of drug-likeness (QED) is 0.685. The minimum Gasteiger partial charge on any atom is -0.441 e. The van der Waals surface area contributed by atoms with E-state index in [-0.39, 0.29) is 12.5 Å². The summed E-state index contributed by atoms with van der Waals surface area (Å²) in [5, 5.41) is 8.93. The number of carbonyl (C=O) groups excluding carboxylic acids is 1.